The SMILES string of the molecule is Cc1cc(-c2ccccc2CN)ncn1. The van der Waals surface area contributed by atoms with Gasteiger partial charge in [-0.25, -0.2) is 9.97 Å². The van der Waals surface area contributed by atoms with Crippen LogP contribution < -0.4 is 5.73 Å². The van der Waals surface area contributed by atoms with E-state index in [1.54, 1.807) is 6.33 Å². The van der Waals surface area contributed by atoms with Crippen molar-refractivity contribution in [3.8, 4) is 11.3 Å². The molecule has 0 bridgehead atoms. The van der Waals surface area contributed by atoms with Crippen molar-refractivity contribution in [2.75, 3.05) is 0 Å². The molecule has 0 saturated carbocycles. The van der Waals surface area contributed by atoms with Crippen molar-refractivity contribution >= 4 is 0 Å². The molecule has 0 aliphatic carbocycles. The number of aromatic nitrogens is 2. The van der Waals surface area contributed by atoms with Gasteiger partial charge >= 0.3 is 0 Å². The van der Waals surface area contributed by atoms with Gasteiger partial charge in [0.05, 0.1) is 5.69 Å². The Morgan fingerprint density at radius 2 is 2.00 bits per heavy atom. The van der Waals surface area contributed by atoms with Crippen LogP contribution in [0.5, 0.6) is 0 Å². The van der Waals surface area contributed by atoms with Crippen LogP contribution in [0.2, 0.25) is 0 Å². The molecule has 2 N–H and O–H groups in total. The smallest absolute Gasteiger partial charge is 0.116 e. The van der Waals surface area contributed by atoms with Gasteiger partial charge in [0.2, 0.25) is 0 Å². The van der Waals surface area contributed by atoms with Gasteiger partial charge in [0, 0.05) is 17.8 Å². The van der Waals surface area contributed by atoms with Crippen molar-refractivity contribution in [2.24, 2.45) is 5.73 Å². The number of hydrogen-bond donors (Lipinski definition) is 1. The minimum absolute atomic E-state index is 0.527. The number of rotatable bonds is 2. The number of nitrogens with zero attached hydrogens (tertiary/aromatic N) is 2. The van der Waals surface area contributed by atoms with E-state index < -0.39 is 0 Å². The summed E-state index contributed by atoms with van der Waals surface area (Å²) in [6.07, 6.45) is 1.58. The monoisotopic (exact) mass is 199 g/mol. The number of benzene rings is 1. The molecule has 2 aromatic rings. The lowest BCUT2D eigenvalue weighted by atomic mass is 10.0. The fraction of sp³-hybridized carbons (Fsp3) is 0.167. The van der Waals surface area contributed by atoms with Crippen molar-refractivity contribution < 1.29 is 0 Å². The van der Waals surface area contributed by atoms with Gasteiger partial charge < -0.3 is 5.73 Å². The van der Waals surface area contributed by atoms with E-state index in [1.807, 2.05) is 37.3 Å². The van der Waals surface area contributed by atoms with E-state index in [1.165, 1.54) is 0 Å². The lowest BCUT2D eigenvalue weighted by Gasteiger charge is -2.06. The molecule has 0 atom stereocenters. The van der Waals surface area contributed by atoms with Gasteiger partial charge in [-0.05, 0) is 18.6 Å². The van der Waals surface area contributed by atoms with Crippen molar-refractivity contribution in [1.82, 2.24) is 9.97 Å². The predicted octanol–water partition coefficient (Wildman–Crippen LogP) is 1.91. The standard InChI is InChI=1S/C12H13N3/c1-9-6-12(15-8-14-9)11-5-3-2-4-10(11)7-13/h2-6,8H,7,13H2,1H3. The highest BCUT2D eigenvalue weighted by atomic mass is 14.8. The normalized spacial score (nSPS) is 10.3. The van der Waals surface area contributed by atoms with Gasteiger partial charge in [-0.3, -0.25) is 0 Å². The highest BCUT2D eigenvalue weighted by Crippen LogP contribution is 2.21. The van der Waals surface area contributed by atoms with Crippen molar-refractivity contribution in [3.63, 3.8) is 0 Å². The lowest BCUT2D eigenvalue weighted by Crippen LogP contribution is -1.99. The fourth-order valence-corrected chi connectivity index (χ4v) is 1.55. The Kier molecular flexibility index (Phi) is 2.74. The Hall–Kier alpha value is -1.74. The average Bonchev–Trinajstić information content (AvgIpc) is 2.29. The molecule has 0 aliphatic rings. The molecule has 3 heteroatoms. The second kappa shape index (κ2) is 4.19. The van der Waals surface area contributed by atoms with E-state index in [-0.39, 0.29) is 0 Å². The highest BCUT2D eigenvalue weighted by molar-refractivity contribution is 5.63. The first-order valence-corrected chi connectivity index (χ1v) is 4.88. The second-order valence-corrected chi connectivity index (χ2v) is 3.41. The minimum atomic E-state index is 0.527. The molecule has 0 amide bonds. The van der Waals surface area contributed by atoms with Crippen LogP contribution in [0.3, 0.4) is 0 Å². The average molecular weight is 199 g/mol. The van der Waals surface area contributed by atoms with Gasteiger partial charge in [0.15, 0.2) is 0 Å². The molecule has 0 spiro atoms. The molecule has 0 aliphatic heterocycles. The van der Waals surface area contributed by atoms with Crippen molar-refractivity contribution in [1.29, 1.82) is 0 Å². The third-order valence-electron chi connectivity index (χ3n) is 2.32. The highest BCUT2D eigenvalue weighted by Gasteiger charge is 2.04. The maximum atomic E-state index is 5.68. The molecule has 15 heavy (non-hydrogen) atoms. The first kappa shape index (κ1) is 9.80. The van der Waals surface area contributed by atoms with Gasteiger partial charge in [-0.2, -0.15) is 0 Å². The largest absolute Gasteiger partial charge is 0.326 e. The number of nitrogens with two attached hydrogens (primary N) is 1. The zero-order chi connectivity index (χ0) is 10.7. The summed E-state index contributed by atoms with van der Waals surface area (Å²) in [5.41, 5.74) is 9.78. The zero-order valence-electron chi connectivity index (χ0n) is 8.64. The molecule has 2 rings (SSSR count). The molecule has 1 aromatic heterocycles. The fourth-order valence-electron chi connectivity index (χ4n) is 1.55. The van der Waals surface area contributed by atoms with Crippen LogP contribution in [0.15, 0.2) is 36.7 Å². The van der Waals surface area contributed by atoms with Crippen molar-refractivity contribution in [2.45, 2.75) is 13.5 Å². The Morgan fingerprint density at radius 1 is 1.20 bits per heavy atom. The lowest BCUT2D eigenvalue weighted by molar-refractivity contribution is 1.06. The van der Waals surface area contributed by atoms with E-state index in [2.05, 4.69) is 9.97 Å². The summed E-state index contributed by atoms with van der Waals surface area (Å²) in [4.78, 5) is 8.33. The molecule has 1 aromatic carbocycles. The van der Waals surface area contributed by atoms with Crippen LogP contribution in [0, 0.1) is 6.92 Å². The molecular weight excluding hydrogens is 186 g/mol. The second-order valence-electron chi connectivity index (χ2n) is 3.41. The first-order valence-electron chi connectivity index (χ1n) is 4.88. The summed E-state index contributed by atoms with van der Waals surface area (Å²) in [7, 11) is 0. The molecule has 0 fully saturated rings. The topological polar surface area (TPSA) is 51.8 Å². The third kappa shape index (κ3) is 2.02. The maximum absolute atomic E-state index is 5.68. The number of hydrogen-bond acceptors (Lipinski definition) is 3. The van der Waals surface area contributed by atoms with Gasteiger partial charge in [0.1, 0.15) is 6.33 Å². The van der Waals surface area contributed by atoms with Crippen LogP contribution in [0.4, 0.5) is 0 Å². The molecule has 3 nitrogen and oxygen atoms in total. The first-order chi connectivity index (χ1) is 7.31. The molecule has 0 radical (unpaired) electrons. The molecular formula is C12H13N3. The summed E-state index contributed by atoms with van der Waals surface area (Å²) in [5.74, 6) is 0. The van der Waals surface area contributed by atoms with E-state index in [9.17, 15) is 0 Å². The van der Waals surface area contributed by atoms with Gasteiger partial charge in [-0.15, -0.1) is 0 Å². The van der Waals surface area contributed by atoms with E-state index in [0.717, 1.165) is 22.5 Å². The Labute approximate surface area is 89.0 Å². The molecule has 76 valence electrons. The van der Waals surface area contributed by atoms with Crippen LogP contribution >= 0.6 is 0 Å². The Bertz CT molecular complexity index is 466. The van der Waals surface area contributed by atoms with Crippen LogP contribution in [0.25, 0.3) is 11.3 Å². The van der Waals surface area contributed by atoms with Gasteiger partial charge in [0.25, 0.3) is 0 Å². The quantitative estimate of drug-likeness (QED) is 0.803. The number of aryl methyl sites for hydroxylation is 1. The van der Waals surface area contributed by atoms with Crippen LogP contribution in [0.1, 0.15) is 11.3 Å². The maximum Gasteiger partial charge on any atom is 0.116 e. The van der Waals surface area contributed by atoms with Gasteiger partial charge in [-0.1, -0.05) is 24.3 Å². The summed E-state index contributed by atoms with van der Waals surface area (Å²) in [6, 6.07) is 10.00. The molecule has 0 saturated heterocycles. The molecule has 0 unspecified atom stereocenters. The summed E-state index contributed by atoms with van der Waals surface area (Å²) < 4.78 is 0. The van der Waals surface area contributed by atoms with Crippen LogP contribution in [-0.4, -0.2) is 9.97 Å². The van der Waals surface area contributed by atoms with E-state index in [4.69, 9.17) is 5.73 Å². The van der Waals surface area contributed by atoms with Crippen LogP contribution in [-0.2, 0) is 6.54 Å². The van der Waals surface area contributed by atoms with Crippen molar-refractivity contribution in [3.05, 3.63) is 47.9 Å². The summed E-state index contributed by atoms with van der Waals surface area (Å²) in [5, 5.41) is 0. The third-order valence-corrected chi connectivity index (χ3v) is 2.32. The zero-order valence-corrected chi connectivity index (χ0v) is 8.64. The summed E-state index contributed by atoms with van der Waals surface area (Å²) >= 11 is 0. The predicted molar refractivity (Wildman–Crippen MR) is 60.1 cm³/mol. The Morgan fingerprint density at radius 3 is 2.73 bits per heavy atom. The molecule has 1 heterocycles. The summed E-state index contributed by atoms with van der Waals surface area (Å²) in [6.45, 7) is 2.48. The Balaban J connectivity index is 2.53. The van der Waals surface area contributed by atoms with E-state index >= 15 is 0 Å². The minimum Gasteiger partial charge on any atom is -0.326 e. The van der Waals surface area contributed by atoms with E-state index in [0.29, 0.717) is 6.54 Å².